The van der Waals surface area contributed by atoms with Gasteiger partial charge in [-0.3, -0.25) is 4.79 Å². The van der Waals surface area contributed by atoms with Gasteiger partial charge in [0.2, 0.25) is 4.27 Å². The second-order valence-electron chi connectivity index (χ2n) is 13.8. The minimum atomic E-state index is -0.0623. The fourth-order valence-electron chi connectivity index (χ4n) is 8.80. The Morgan fingerprint density at radius 3 is 1.96 bits per heavy atom. The summed E-state index contributed by atoms with van der Waals surface area (Å²) in [5, 5.41) is 0. The summed E-state index contributed by atoms with van der Waals surface area (Å²) in [6, 6.07) is 12.5. The molecule has 0 amide bonds. The molecule has 0 N–H and O–H groups in total. The average Bonchev–Trinajstić information content (AvgIpc) is 3.06. The van der Waals surface area contributed by atoms with Crippen molar-refractivity contribution >= 4 is 29.5 Å². The maximum Gasteiger partial charge on any atom is 0.314 e. The fraction of sp³-hybridized carbons (Fsp3) is 0.667. The smallest absolute Gasteiger partial charge is 0.314 e. The highest BCUT2D eigenvalue weighted by atomic mass is 32.2. The third-order valence-corrected chi connectivity index (χ3v) is 14.1. The van der Waals surface area contributed by atoms with Crippen molar-refractivity contribution in [3.63, 3.8) is 0 Å². The SMILES string of the molecule is CCCC1CCC2c3ccc(OCC)cc3OC(=O)C2C1.CCCC1CCC2c3ccc(OCC)cc3OC3(SCCCS3)C2C1. The molecule has 5 nitrogen and oxygen atoms in total. The second kappa shape index (κ2) is 15.5. The van der Waals surface area contributed by atoms with Crippen LogP contribution in [0, 0.1) is 23.7 Å². The van der Waals surface area contributed by atoms with Crippen molar-refractivity contribution in [1.29, 1.82) is 0 Å². The molecule has 1 saturated heterocycles. The number of thioether (sulfide) groups is 2. The van der Waals surface area contributed by atoms with Gasteiger partial charge in [0.05, 0.1) is 19.1 Å². The molecular weight excluding hydrogens is 613 g/mol. The third kappa shape index (κ3) is 7.21. The highest BCUT2D eigenvalue weighted by Gasteiger charge is 2.53. The van der Waals surface area contributed by atoms with Crippen LogP contribution in [0.2, 0.25) is 0 Å². The van der Waals surface area contributed by atoms with E-state index in [1.54, 1.807) is 0 Å². The van der Waals surface area contributed by atoms with Crippen LogP contribution in [0.5, 0.6) is 23.0 Å². The monoisotopic (exact) mass is 666 g/mol. The second-order valence-corrected chi connectivity index (χ2v) is 16.7. The lowest BCUT2D eigenvalue weighted by molar-refractivity contribution is -0.143. The Kier molecular flexibility index (Phi) is 11.4. The molecule has 0 radical (unpaired) electrons. The lowest BCUT2D eigenvalue weighted by Gasteiger charge is -2.52. The van der Waals surface area contributed by atoms with E-state index in [1.807, 2.05) is 26.0 Å². The summed E-state index contributed by atoms with van der Waals surface area (Å²) in [7, 11) is 0. The minimum absolute atomic E-state index is 0.0399. The van der Waals surface area contributed by atoms with Crippen LogP contribution >= 0.6 is 23.5 Å². The zero-order valence-electron chi connectivity index (χ0n) is 28.4. The van der Waals surface area contributed by atoms with E-state index < -0.39 is 0 Å². The van der Waals surface area contributed by atoms with Crippen molar-refractivity contribution in [2.75, 3.05) is 24.7 Å². The highest BCUT2D eigenvalue weighted by molar-refractivity contribution is 8.18. The minimum Gasteiger partial charge on any atom is -0.494 e. The van der Waals surface area contributed by atoms with Crippen LogP contribution in [0.25, 0.3) is 0 Å². The van der Waals surface area contributed by atoms with E-state index in [4.69, 9.17) is 18.9 Å². The van der Waals surface area contributed by atoms with E-state index in [1.165, 1.54) is 80.4 Å². The maximum absolute atomic E-state index is 12.3. The number of hydrogen-bond acceptors (Lipinski definition) is 7. The molecule has 2 aromatic rings. The van der Waals surface area contributed by atoms with Gasteiger partial charge < -0.3 is 18.9 Å². The molecule has 3 aliphatic heterocycles. The van der Waals surface area contributed by atoms with Gasteiger partial charge in [0.25, 0.3) is 0 Å². The van der Waals surface area contributed by atoms with Gasteiger partial charge in [-0.2, -0.15) is 0 Å². The van der Waals surface area contributed by atoms with Gasteiger partial charge in [0.1, 0.15) is 23.0 Å². The Bertz CT molecular complexity index is 1320. The van der Waals surface area contributed by atoms with E-state index in [-0.39, 0.29) is 16.2 Å². The zero-order chi connectivity index (χ0) is 32.1. The first kappa shape index (κ1) is 33.9. The molecule has 252 valence electrons. The normalized spacial score (nSPS) is 29.0. The molecule has 1 spiro atoms. The molecule has 5 aliphatic rings. The number of esters is 1. The Morgan fingerprint density at radius 2 is 1.33 bits per heavy atom. The molecule has 2 aliphatic carbocycles. The lowest BCUT2D eigenvalue weighted by Crippen LogP contribution is -2.48. The largest absolute Gasteiger partial charge is 0.494 e. The van der Waals surface area contributed by atoms with Gasteiger partial charge in [-0.15, -0.1) is 23.5 Å². The van der Waals surface area contributed by atoms with E-state index in [2.05, 4.69) is 61.6 Å². The maximum atomic E-state index is 12.3. The number of ether oxygens (including phenoxy) is 4. The van der Waals surface area contributed by atoms with Crippen LogP contribution in [0.3, 0.4) is 0 Å². The van der Waals surface area contributed by atoms with Crippen LogP contribution < -0.4 is 18.9 Å². The van der Waals surface area contributed by atoms with Crippen molar-refractivity contribution in [3.05, 3.63) is 47.5 Å². The topological polar surface area (TPSA) is 54.0 Å². The molecule has 7 rings (SSSR count). The zero-order valence-corrected chi connectivity index (χ0v) is 30.0. The first-order valence-corrected chi connectivity index (χ1v) is 20.2. The Labute approximate surface area is 285 Å². The number of carbonyl (C=O) groups excluding carboxylic acids is 1. The molecule has 2 saturated carbocycles. The first-order chi connectivity index (χ1) is 22.5. The molecular formula is C39H54O5S2. The fourth-order valence-corrected chi connectivity index (χ4v) is 12.2. The summed E-state index contributed by atoms with van der Waals surface area (Å²) in [6.07, 6.45) is 13.8. The predicted octanol–water partition coefficient (Wildman–Crippen LogP) is 10.6. The average molecular weight is 667 g/mol. The van der Waals surface area contributed by atoms with Crippen LogP contribution in [0.4, 0.5) is 0 Å². The summed E-state index contributed by atoms with van der Waals surface area (Å²) in [6.45, 7) is 9.87. The molecule has 6 unspecified atom stereocenters. The van der Waals surface area contributed by atoms with Crippen molar-refractivity contribution < 1.29 is 23.7 Å². The number of hydrogen-bond donors (Lipinski definition) is 0. The molecule has 3 fully saturated rings. The predicted molar refractivity (Wildman–Crippen MR) is 191 cm³/mol. The number of rotatable bonds is 8. The molecule has 3 heterocycles. The summed E-state index contributed by atoms with van der Waals surface area (Å²) < 4.78 is 23.6. The molecule has 2 aromatic carbocycles. The number of fused-ring (bicyclic) bond motifs is 7. The van der Waals surface area contributed by atoms with Gasteiger partial charge in [0, 0.05) is 24.0 Å². The van der Waals surface area contributed by atoms with Crippen molar-refractivity contribution in [2.24, 2.45) is 23.7 Å². The lowest BCUT2D eigenvalue weighted by atomic mass is 9.69. The number of benzene rings is 2. The van der Waals surface area contributed by atoms with Gasteiger partial charge in [-0.1, -0.05) is 51.7 Å². The molecule has 0 aromatic heterocycles. The Morgan fingerprint density at radius 1 is 0.739 bits per heavy atom. The van der Waals surface area contributed by atoms with Crippen molar-refractivity contribution in [3.8, 4) is 23.0 Å². The summed E-state index contributed by atoms with van der Waals surface area (Å²) in [4.78, 5) is 12.3. The van der Waals surface area contributed by atoms with Crippen LogP contribution in [-0.2, 0) is 4.79 Å². The van der Waals surface area contributed by atoms with E-state index >= 15 is 0 Å². The summed E-state index contributed by atoms with van der Waals surface area (Å²) in [5.41, 5.74) is 2.62. The summed E-state index contributed by atoms with van der Waals surface area (Å²) >= 11 is 4.15. The highest BCUT2D eigenvalue weighted by Crippen LogP contribution is 2.62. The van der Waals surface area contributed by atoms with E-state index in [9.17, 15) is 4.79 Å². The van der Waals surface area contributed by atoms with Gasteiger partial charge in [-0.25, -0.2) is 0 Å². The molecule has 0 bridgehead atoms. The van der Waals surface area contributed by atoms with Gasteiger partial charge in [0.15, 0.2) is 0 Å². The third-order valence-electron chi connectivity index (χ3n) is 10.8. The van der Waals surface area contributed by atoms with E-state index in [0.29, 0.717) is 42.6 Å². The summed E-state index contributed by atoms with van der Waals surface area (Å²) in [5.74, 6) is 9.22. The molecule has 7 heteroatoms. The van der Waals surface area contributed by atoms with Crippen LogP contribution in [0.15, 0.2) is 36.4 Å². The van der Waals surface area contributed by atoms with Crippen molar-refractivity contribution in [2.45, 2.75) is 114 Å². The Balaban J connectivity index is 0.000000164. The first-order valence-electron chi connectivity index (χ1n) is 18.2. The Hall–Kier alpha value is -1.99. The van der Waals surface area contributed by atoms with Gasteiger partial charge >= 0.3 is 5.97 Å². The quantitative estimate of drug-likeness (QED) is 0.205. The molecule has 6 atom stereocenters. The van der Waals surface area contributed by atoms with E-state index in [0.717, 1.165) is 36.0 Å². The molecule has 46 heavy (non-hydrogen) atoms. The standard InChI is InChI=1S/C21H30O2S2.C18H24O3/c1-3-6-15-7-9-17-18-10-8-16(22-4-2)14-20(18)23-21(19(17)13-15)24-11-5-12-25-21;1-3-5-12-6-8-14-15-9-7-13(20-4-2)11-17(15)21-18(19)16(14)10-12/h8,10,14-15,17,19H,3-7,9,11-13H2,1-2H3;7,9,11-12,14,16H,3-6,8,10H2,1-2H3. The van der Waals surface area contributed by atoms with Crippen LogP contribution in [0.1, 0.15) is 121 Å². The van der Waals surface area contributed by atoms with Crippen molar-refractivity contribution in [1.82, 2.24) is 0 Å². The number of carbonyl (C=O) groups is 1. The van der Waals surface area contributed by atoms with Crippen LogP contribution in [-0.4, -0.2) is 35.0 Å². The van der Waals surface area contributed by atoms with Gasteiger partial charge in [-0.05, 0) is 111 Å².